The van der Waals surface area contributed by atoms with E-state index in [1.165, 1.54) is 19.3 Å². The average molecular weight is 353 g/mol. The Kier molecular flexibility index (Phi) is 6.67. The van der Waals surface area contributed by atoms with Crippen LogP contribution in [0.4, 0.5) is 0 Å². The molecular formula is C22H27NO3. The van der Waals surface area contributed by atoms with Crippen molar-refractivity contribution in [2.24, 2.45) is 0 Å². The van der Waals surface area contributed by atoms with Crippen molar-refractivity contribution in [3.05, 3.63) is 65.2 Å². The van der Waals surface area contributed by atoms with Crippen molar-refractivity contribution in [3.63, 3.8) is 0 Å². The Bertz CT molecular complexity index is 709. The Morgan fingerprint density at radius 1 is 1.04 bits per heavy atom. The number of ether oxygens (including phenoxy) is 2. The SMILES string of the molecule is COc1ccc(C(=O)NC2CCCCC2)cc1COCc1ccccc1. The molecule has 0 aromatic heterocycles. The van der Waals surface area contributed by atoms with Gasteiger partial charge in [-0.2, -0.15) is 0 Å². The third kappa shape index (κ3) is 5.09. The van der Waals surface area contributed by atoms with Crippen molar-refractivity contribution in [2.45, 2.75) is 51.4 Å². The Morgan fingerprint density at radius 2 is 1.81 bits per heavy atom. The van der Waals surface area contributed by atoms with Crippen LogP contribution in [0.3, 0.4) is 0 Å². The first-order chi connectivity index (χ1) is 12.8. The summed E-state index contributed by atoms with van der Waals surface area (Å²) in [7, 11) is 1.64. The van der Waals surface area contributed by atoms with Gasteiger partial charge in [0.05, 0.1) is 20.3 Å². The zero-order valence-corrected chi connectivity index (χ0v) is 15.4. The normalized spacial score (nSPS) is 14.8. The molecule has 1 N–H and O–H groups in total. The molecule has 0 saturated heterocycles. The molecule has 0 atom stereocenters. The number of rotatable bonds is 7. The molecule has 2 aromatic carbocycles. The van der Waals surface area contributed by atoms with Gasteiger partial charge in [-0.05, 0) is 36.6 Å². The Labute approximate surface area is 155 Å². The van der Waals surface area contributed by atoms with Gasteiger partial charge in [0, 0.05) is 17.2 Å². The van der Waals surface area contributed by atoms with E-state index < -0.39 is 0 Å². The van der Waals surface area contributed by atoms with Crippen molar-refractivity contribution in [1.29, 1.82) is 0 Å². The van der Waals surface area contributed by atoms with E-state index in [0.29, 0.717) is 24.8 Å². The summed E-state index contributed by atoms with van der Waals surface area (Å²) >= 11 is 0. The van der Waals surface area contributed by atoms with E-state index in [1.54, 1.807) is 7.11 Å². The minimum absolute atomic E-state index is 0.0103. The summed E-state index contributed by atoms with van der Waals surface area (Å²) in [5, 5.41) is 3.16. The second kappa shape index (κ2) is 9.39. The predicted octanol–water partition coefficient (Wildman–Crippen LogP) is 4.47. The van der Waals surface area contributed by atoms with Crippen LogP contribution in [-0.4, -0.2) is 19.1 Å². The molecule has 4 nitrogen and oxygen atoms in total. The van der Waals surface area contributed by atoms with Crippen molar-refractivity contribution in [3.8, 4) is 5.75 Å². The summed E-state index contributed by atoms with van der Waals surface area (Å²) < 4.78 is 11.2. The zero-order chi connectivity index (χ0) is 18.2. The third-order valence-corrected chi connectivity index (χ3v) is 4.85. The summed E-state index contributed by atoms with van der Waals surface area (Å²) in [6.45, 7) is 0.936. The highest BCUT2D eigenvalue weighted by atomic mass is 16.5. The minimum Gasteiger partial charge on any atom is -0.496 e. The number of carbonyl (C=O) groups excluding carboxylic acids is 1. The molecule has 0 spiro atoms. The average Bonchev–Trinajstić information content (AvgIpc) is 2.69. The van der Waals surface area contributed by atoms with Gasteiger partial charge in [-0.15, -0.1) is 0 Å². The molecular weight excluding hydrogens is 326 g/mol. The van der Waals surface area contributed by atoms with Crippen LogP contribution in [0, 0.1) is 0 Å². The highest BCUT2D eigenvalue weighted by molar-refractivity contribution is 5.94. The smallest absolute Gasteiger partial charge is 0.251 e. The highest BCUT2D eigenvalue weighted by Crippen LogP contribution is 2.22. The van der Waals surface area contributed by atoms with Gasteiger partial charge in [-0.1, -0.05) is 49.6 Å². The molecule has 4 heteroatoms. The van der Waals surface area contributed by atoms with Gasteiger partial charge in [0.25, 0.3) is 5.91 Å². The molecule has 26 heavy (non-hydrogen) atoms. The molecule has 3 rings (SSSR count). The van der Waals surface area contributed by atoms with Crippen LogP contribution in [-0.2, 0) is 18.0 Å². The van der Waals surface area contributed by atoms with Crippen molar-refractivity contribution in [2.75, 3.05) is 7.11 Å². The van der Waals surface area contributed by atoms with E-state index in [1.807, 2.05) is 48.5 Å². The fourth-order valence-corrected chi connectivity index (χ4v) is 3.40. The van der Waals surface area contributed by atoms with Crippen LogP contribution in [0.25, 0.3) is 0 Å². The maximum Gasteiger partial charge on any atom is 0.251 e. The summed E-state index contributed by atoms with van der Waals surface area (Å²) in [4.78, 5) is 12.6. The van der Waals surface area contributed by atoms with Crippen molar-refractivity contribution >= 4 is 5.91 Å². The summed E-state index contributed by atoms with van der Waals surface area (Å²) in [6, 6.07) is 15.9. The monoisotopic (exact) mass is 353 g/mol. The van der Waals surface area contributed by atoms with Crippen LogP contribution >= 0.6 is 0 Å². The van der Waals surface area contributed by atoms with E-state index in [2.05, 4.69) is 5.32 Å². The van der Waals surface area contributed by atoms with E-state index in [4.69, 9.17) is 9.47 Å². The molecule has 1 aliphatic carbocycles. The predicted molar refractivity (Wildman–Crippen MR) is 102 cm³/mol. The van der Waals surface area contributed by atoms with Gasteiger partial charge in [0.1, 0.15) is 5.75 Å². The van der Waals surface area contributed by atoms with Gasteiger partial charge in [-0.3, -0.25) is 4.79 Å². The fourth-order valence-electron chi connectivity index (χ4n) is 3.40. The summed E-state index contributed by atoms with van der Waals surface area (Å²) in [6.07, 6.45) is 5.83. The van der Waals surface area contributed by atoms with Crippen LogP contribution in [0.2, 0.25) is 0 Å². The van der Waals surface area contributed by atoms with Crippen LogP contribution in [0.5, 0.6) is 5.75 Å². The third-order valence-electron chi connectivity index (χ3n) is 4.85. The van der Waals surface area contributed by atoms with Crippen molar-refractivity contribution in [1.82, 2.24) is 5.32 Å². The van der Waals surface area contributed by atoms with E-state index in [0.717, 1.165) is 29.7 Å². The number of nitrogens with one attached hydrogen (secondary N) is 1. The highest BCUT2D eigenvalue weighted by Gasteiger charge is 2.17. The largest absolute Gasteiger partial charge is 0.496 e. The molecule has 0 radical (unpaired) electrons. The van der Waals surface area contributed by atoms with Crippen LogP contribution in [0.15, 0.2) is 48.5 Å². The lowest BCUT2D eigenvalue weighted by Gasteiger charge is -2.23. The number of hydrogen-bond donors (Lipinski definition) is 1. The van der Waals surface area contributed by atoms with Gasteiger partial charge < -0.3 is 14.8 Å². The topological polar surface area (TPSA) is 47.6 Å². The molecule has 1 amide bonds. The number of amides is 1. The minimum atomic E-state index is -0.0103. The number of benzene rings is 2. The Morgan fingerprint density at radius 3 is 2.54 bits per heavy atom. The lowest BCUT2D eigenvalue weighted by atomic mass is 9.95. The second-order valence-corrected chi connectivity index (χ2v) is 6.81. The molecule has 0 bridgehead atoms. The molecule has 1 aliphatic rings. The van der Waals surface area contributed by atoms with Crippen molar-refractivity contribution < 1.29 is 14.3 Å². The van der Waals surface area contributed by atoms with Gasteiger partial charge in [0.15, 0.2) is 0 Å². The maximum absolute atomic E-state index is 12.6. The first-order valence-corrected chi connectivity index (χ1v) is 9.35. The first kappa shape index (κ1) is 18.5. The lowest BCUT2D eigenvalue weighted by molar-refractivity contribution is 0.0925. The van der Waals surface area contributed by atoms with Gasteiger partial charge in [0.2, 0.25) is 0 Å². The number of carbonyl (C=O) groups is 1. The molecule has 1 saturated carbocycles. The standard InChI is InChI=1S/C22H27NO3/c1-25-21-13-12-18(22(24)23-20-10-6-3-7-11-20)14-19(21)16-26-15-17-8-4-2-5-9-17/h2,4-5,8-9,12-14,20H,3,6-7,10-11,15-16H2,1H3,(H,23,24). The van der Waals surface area contributed by atoms with Gasteiger partial charge in [-0.25, -0.2) is 0 Å². The summed E-state index contributed by atoms with van der Waals surface area (Å²) in [5.74, 6) is 0.733. The summed E-state index contributed by atoms with van der Waals surface area (Å²) in [5.41, 5.74) is 2.67. The Hall–Kier alpha value is -2.33. The fraction of sp³-hybridized carbons (Fsp3) is 0.409. The molecule has 0 aliphatic heterocycles. The van der Waals surface area contributed by atoms with Crippen LogP contribution in [0.1, 0.15) is 53.6 Å². The number of hydrogen-bond acceptors (Lipinski definition) is 3. The van der Waals surface area contributed by atoms with E-state index >= 15 is 0 Å². The molecule has 1 fully saturated rings. The first-order valence-electron chi connectivity index (χ1n) is 9.35. The van der Waals surface area contributed by atoms with Crippen LogP contribution < -0.4 is 10.1 Å². The quantitative estimate of drug-likeness (QED) is 0.799. The van der Waals surface area contributed by atoms with Gasteiger partial charge >= 0.3 is 0 Å². The maximum atomic E-state index is 12.6. The Balaban J connectivity index is 1.62. The molecule has 2 aromatic rings. The molecule has 0 unspecified atom stereocenters. The molecule has 138 valence electrons. The number of methoxy groups -OCH3 is 1. The lowest BCUT2D eigenvalue weighted by Crippen LogP contribution is -2.36. The zero-order valence-electron chi connectivity index (χ0n) is 15.4. The molecule has 0 heterocycles. The second-order valence-electron chi connectivity index (χ2n) is 6.81. The van der Waals surface area contributed by atoms with E-state index in [9.17, 15) is 4.79 Å². The van der Waals surface area contributed by atoms with E-state index in [-0.39, 0.29) is 5.91 Å².